The third kappa shape index (κ3) is 18.4. The Balaban J connectivity index is 0.000000132. The molecule has 0 spiro atoms. The van der Waals surface area contributed by atoms with Gasteiger partial charge >= 0.3 is 6.09 Å². The largest absolute Gasteiger partial charge is 0.494 e. The number of nitrogens with one attached hydrogen (secondary N) is 7. The molecule has 0 aliphatic carbocycles. The predicted molar refractivity (Wildman–Crippen MR) is 441 cm³/mol. The number of benzene rings is 4. The van der Waals surface area contributed by atoms with Crippen molar-refractivity contribution in [3.63, 3.8) is 0 Å². The van der Waals surface area contributed by atoms with Crippen LogP contribution >= 0.6 is 11.6 Å². The molecule has 0 fully saturated rings. The van der Waals surface area contributed by atoms with Gasteiger partial charge in [-0.15, -0.1) is 0 Å². The summed E-state index contributed by atoms with van der Waals surface area (Å²) in [5, 5.41) is 30.5. The van der Waals surface area contributed by atoms with E-state index in [1.807, 2.05) is 160 Å². The van der Waals surface area contributed by atoms with Crippen LogP contribution in [0.5, 0.6) is 17.2 Å². The van der Waals surface area contributed by atoms with Crippen molar-refractivity contribution in [1.29, 1.82) is 0 Å². The third-order valence-corrected chi connectivity index (χ3v) is 18.8. The van der Waals surface area contributed by atoms with E-state index in [0.717, 1.165) is 149 Å². The third-order valence-electron chi connectivity index (χ3n) is 18.6. The molecule has 0 saturated carbocycles. The molecule has 1 atom stereocenters. The number of methoxy groups -OCH3 is 1. The minimum absolute atomic E-state index is 0.0491. The van der Waals surface area contributed by atoms with Crippen molar-refractivity contribution in [2.45, 2.75) is 121 Å². The zero-order chi connectivity index (χ0) is 80.2. The van der Waals surface area contributed by atoms with Gasteiger partial charge in [-0.2, -0.15) is 0 Å². The molecule has 580 valence electrons. The van der Waals surface area contributed by atoms with Crippen LogP contribution in [-0.4, -0.2) is 106 Å². The number of rotatable bonds is 15. The van der Waals surface area contributed by atoms with E-state index >= 15 is 0 Å². The number of aliphatic hydroxyl groups excluding tert-OH is 2. The van der Waals surface area contributed by atoms with Gasteiger partial charge in [0.05, 0.1) is 114 Å². The highest BCUT2D eigenvalue weighted by atomic mass is 35.5. The van der Waals surface area contributed by atoms with Crippen molar-refractivity contribution >= 4 is 93.9 Å². The molecule has 0 radical (unpaired) electrons. The number of aromatic amines is 7. The number of allylic oxidation sites excluding steroid dienone is 1. The number of hydrogen-bond donors (Lipinski definition) is 9. The van der Waals surface area contributed by atoms with Crippen LogP contribution in [-0.2, 0) is 9.47 Å². The van der Waals surface area contributed by atoms with E-state index in [2.05, 4.69) is 109 Å². The molecule has 4 aliphatic rings. The van der Waals surface area contributed by atoms with Gasteiger partial charge in [0.25, 0.3) is 0 Å². The van der Waals surface area contributed by atoms with Gasteiger partial charge in [-0.3, -0.25) is 0 Å². The number of carbonyl (C=O) groups is 1. The second-order valence-corrected chi connectivity index (χ2v) is 29.6. The SMILES string of the molecule is COC1=CC(c2cc3ccccc3n2C(=O)OCC(O)CO)=N/C1=C\c1[nH]c(C)cc1C.Cc1cc(C)c(/C=c2/[nH]c(=C3C=c4cc(F)ccc4=N3)cc2OC(C)C)[nH]1.Cc1cc(C)c(/C=c2\[nH]c(=C3C=c4ccc(Cl)cc4=N3)cc2OC(C)C)[nH]1.Cc1cc(C)c(/C=c2\[nH]c(=C3C=c4ccc(F)cc4=N3)cc2OC(C)C)[nH]1. The van der Waals surface area contributed by atoms with E-state index < -0.39 is 18.8 Å². The molecule has 4 aliphatic heterocycles. The number of carbonyl (C=O) groups excluding carboxylic acids is 1. The number of nitrogens with zero attached hydrogens (tertiary/aromatic N) is 5. The van der Waals surface area contributed by atoms with Gasteiger partial charge < -0.3 is 68.8 Å². The maximum Gasteiger partial charge on any atom is 0.419 e. The molecule has 23 heteroatoms. The number of aliphatic imine (C=N–C) groups is 1. The second-order valence-electron chi connectivity index (χ2n) is 29.1. The fourth-order valence-electron chi connectivity index (χ4n) is 13.5. The first-order chi connectivity index (χ1) is 54.1. The first-order valence-corrected chi connectivity index (χ1v) is 37.7. The molecule has 12 heterocycles. The van der Waals surface area contributed by atoms with Gasteiger partial charge in [-0.25, -0.2) is 38.1 Å². The Bertz CT molecular complexity index is 6170. The Morgan fingerprint density at radius 2 is 0.929 bits per heavy atom. The van der Waals surface area contributed by atoms with Crippen molar-refractivity contribution < 1.29 is 47.5 Å². The number of aliphatic hydroxyl groups is 2. The topological polar surface area (TPSA) is 269 Å². The van der Waals surface area contributed by atoms with Gasteiger partial charge in [0.1, 0.15) is 53.1 Å². The minimum atomic E-state index is -1.14. The van der Waals surface area contributed by atoms with Crippen molar-refractivity contribution in [2.75, 3.05) is 20.3 Å². The summed E-state index contributed by atoms with van der Waals surface area (Å²) >= 11 is 6.09. The minimum Gasteiger partial charge on any atom is -0.494 e. The van der Waals surface area contributed by atoms with Crippen molar-refractivity contribution in [3.8, 4) is 17.2 Å². The fourth-order valence-corrected chi connectivity index (χ4v) is 13.7. The van der Waals surface area contributed by atoms with E-state index in [1.165, 1.54) is 45.5 Å². The molecule has 9 N–H and O–H groups in total. The Morgan fingerprint density at radius 3 is 1.39 bits per heavy atom. The molecule has 8 aromatic heterocycles. The summed E-state index contributed by atoms with van der Waals surface area (Å²) in [6.07, 6.45) is 14.1. The molecule has 4 aromatic carbocycles. The number of halogens is 3. The molecular formula is C90H91ClF2N12O8. The molecule has 16 rings (SSSR count). The maximum absolute atomic E-state index is 13.5. The van der Waals surface area contributed by atoms with Crippen LogP contribution in [0.1, 0.15) is 115 Å². The molecular weight excluding hydrogens is 1450 g/mol. The van der Waals surface area contributed by atoms with Crippen LogP contribution in [0.4, 0.5) is 13.6 Å². The Hall–Kier alpha value is -12.5. The van der Waals surface area contributed by atoms with Gasteiger partial charge in [-0.05, 0) is 241 Å². The summed E-state index contributed by atoms with van der Waals surface area (Å²) in [5.41, 5.74) is 17.9. The second kappa shape index (κ2) is 33.6. The first kappa shape index (κ1) is 78.6. The van der Waals surface area contributed by atoms with Crippen molar-refractivity contribution in [3.05, 3.63) is 299 Å². The quantitative estimate of drug-likeness (QED) is 0.0476. The van der Waals surface area contributed by atoms with Crippen LogP contribution in [0, 0.1) is 67.0 Å². The average molecular weight is 1540 g/mol. The number of fused-ring (bicyclic) bond motifs is 4. The smallest absolute Gasteiger partial charge is 0.419 e. The number of aromatic nitrogens is 8. The normalized spacial score (nSPS) is 15.7. The summed E-state index contributed by atoms with van der Waals surface area (Å²) < 4.78 is 57.2. The van der Waals surface area contributed by atoms with E-state index in [9.17, 15) is 18.7 Å². The zero-order valence-corrected chi connectivity index (χ0v) is 66.4. The van der Waals surface area contributed by atoms with Crippen LogP contribution in [0.2, 0.25) is 5.02 Å². The molecule has 113 heavy (non-hydrogen) atoms. The molecule has 1 unspecified atom stereocenters. The summed E-state index contributed by atoms with van der Waals surface area (Å²) in [7, 11) is 1.57. The number of H-pyrrole nitrogens is 7. The fraction of sp³-hybridized carbons (Fsp3) is 0.233. The molecule has 20 nitrogen and oxygen atoms in total. The van der Waals surface area contributed by atoms with Gasteiger partial charge in [0.2, 0.25) is 0 Å². The highest BCUT2D eigenvalue weighted by Crippen LogP contribution is 2.30. The number of hydrogen-bond acceptors (Lipinski definition) is 12. The zero-order valence-electron chi connectivity index (χ0n) is 65.7. The highest BCUT2D eigenvalue weighted by molar-refractivity contribution is 6.30. The Morgan fingerprint density at radius 1 is 0.496 bits per heavy atom. The maximum atomic E-state index is 13.5. The highest BCUT2D eigenvalue weighted by Gasteiger charge is 2.26. The lowest BCUT2D eigenvalue weighted by molar-refractivity contribution is 0.0328. The van der Waals surface area contributed by atoms with E-state index in [-0.39, 0.29) is 36.6 Å². The first-order valence-electron chi connectivity index (χ1n) is 37.3. The van der Waals surface area contributed by atoms with Crippen LogP contribution in [0.3, 0.4) is 0 Å². The lowest BCUT2D eigenvalue weighted by Gasteiger charge is -2.11. The Kier molecular flexibility index (Phi) is 23.4. The lowest BCUT2D eigenvalue weighted by atomic mass is 10.2. The van der Waals surface area contributed by atoms with Gasteiger partial charge in [0, 0.05) is 102 Å². The van der Waals surface area contributed by atoms with Crippen molar-refractivity contribution in [2.24, 2.45) is 20.0 Å². The van der Waals surface area contributed by atoms with E-state index in [4.69, 9.17) is 50.4 Å². The molecule has 0 saturated heterocycles. The average Bonchev–Trinajstić information content (AvgIpc) is 1.62. The van der Waals surface area contributed by atoms with E-state index in [0.29, 0.717) is 38.8 Å². The predicted octanol–water partition coefficient (Wildman–Crippen LogP) is 9.62. The Labute approximate surface area is 655 Å². The molecule has 0 bridgehead atoms. The van der Waals surface area contributed by atoms with Gasteiger partial charge in [-0.1, -0.05) is 35.9 Å². The summed E-state index contributed by atoms with van der Waals surface area (Å²) in [6.45, 7) is 27.6. The van der Waals surface area contributed by atoms with Crippen LogP contribution in [0.15, 0.2) is 165 Å². The summed E-state index contributed by atoms with van der Waals surface area (Å²) in [5.74, 6) is 2.39. The van der Waals surface area contributed by atoms with Crippen LogP contribution < -0.4 is 78.0 Å². The molecule has 0 amide bonds. The number of aryl methyl sites for hydroxylation is 8. The lowest BCUT2D eigenvalue weighted by Crippen LogP contribution is -2.25. The number of para-hydroxylation sites is 1. The summed E-state index contributed by atoms with van der Waals surface area (Å²) in [4.78, 5) is 55.2. The standard InChI is InChI=1S/C24H25N3O5.C22H22ClN3O.2C22H22FN3O/c1-14-8-15(2)25-18(14)10-20-23(31-3)11-19(26-20)22-9-16-6-4-5-7-21(16)27(22)24(30)32-13-17(29)12-28;1-12(2)27-22-11-20(19-8-15-5-6-16(23)9-18(15)25-19)26-21(22)10-17-13(3)7-14(4)24-17;1-12(2)27-22-11-20(19-9-15-8-16(23)5-6-17(15)25-19)26-21(22)10-18-13(3)7-14(4)24-18;1-12(2)27-22-11-20(19-8-15-5-6-16(23)9-18(15)25-19)26-21(22)10-17-13(3)7-14(4)24-17/h4-11,17,25,28-29H,12-13H2,1-3H3;3*5-12,24,26H,1-4H3/b20-10-;20-19?,21-10-;20-19?,21-10+;20-19?,21-10-. The molecule has 12 aromatic rings. The monoisotopic (exact) mass is 1540 g/mol. The summed E-state index contributed by atoms with van der Waals surface area (Å²) in [6, 6.07) is 38.6. The van der Waals surface area contributed by atoms with E-state index in [1.54, 1.807) is 31.4 Å². The van der Waals surface area contributed by atoms with Gasteiger partial charge in [0.15, 0.2) is 0 Å². The van der Waals surface area contributed by atoms with Crippen molar-refractivity contribution in [1.82, 2.24) is 39.5 Å². The van der Waals surface area contributed by atoms with Crippen LogP contribution in [0.25, 0.3) is 70.5 Å². The number of ether oxygens (including phenoxy) is 5.